The molecule has 6 heteroatoms. The van der Waals surface area contributed by atoms with Crippen molar-refractivity contribution in [2.24, 2.45) is 0 Å². The van der Waals surface area contributed by atoms with Crippen LogP contribution in [0.5, 0.6) is 5.75 Å². The van der Waals surface area contributed by atoms with Crippen molar-refractivity contribution in [2.45, 2.75) is 44.7 Å². The van der Waals surface area contributed by atoms with Crippen molar-refractivity contribution in [1.29, 1.82) is 0 Å². The molecular formula is C22H23NO4S. The first kappa shape index (κ1) is 18.7. The molecule has 5 nitrogen and oxygen atoms in total. The number of aliphatic hydroxyl groups is 1. The van der Waals surface area contributed by atoms with Crippen LogP contribution in [0.15, 0.2) is 41.3 Å². The Kier molecular flexibility index (Phi) is 4.98. The fourth-order valence-corrected chi connectivity index (χ4v) is 5.15. The minimum atomic E-state index is -0.601. The zero-order valence-corrected chi connectivity index (χ0v) is 16.8. The first-order valence-electron chi connectivity index (χ1n) is 9.51. The van der Waals surface area contributed by atoms with Gasteiger partial charge in [0.15, 0.2) is 0 Å². The number of likely N-dealkylation sites (tertiary alicyclic amines) is 1. The van der Waals surface area contributed by atoms with E-state index >= 15 is 0 Å². The second-order valence-corrected chi connectivity index (χ2v) is 8.32. The van der Waals surface area contributed by atoms with Crippen LogP contribution in [0.1, 0.15) is 47.7 Å². The number of carbonyl (C=O) groups excluding carboxylic acids is 2. The lowest BCUT2D eigenvalue weighted by Gasteiger charge is -2.29. The van der Waals surface area contributed by atoms with Crippen LogP contribution in [0, 0.1) is 6.92 Å². The number of nitrogens with zero attached hydrogens (tertiary/aromatic N) is 1. The van der Waals surface area contributed by atoms with Crippen LogP contribution >= 0.6 is 11.3 Å². The first-order valence-corrected chi connectivity index (χ1v) is 10.4. The third-order valence-electron chi connectivity index (χ3n) is 5.68. The van der Waals surface area contributed by atoms with Crippen LogP contribution in [-0.4, -0.2) is 34.8 Å². The molecule has 2 aromatic rings. The van der Waals surface area contributed by atoms with Crippen molar-refractivity contribution in [2.75, 3.05) is 7.11 Å². The van der Waals surface area contributed by atoms with Crippen LogP contribution < -0.4 is 4.74 Å². The number of aryl methyl sites for hydroxylation is 1. The zero-order chi connectivity index (χ0) is 19.8. The van der Waals surface area contributed by atoms with Gasteiger partial charge >= 0.3 is 0 Å². The Morgan fingerprint density at radius 3 is 2.57 bits per heavy atom. The van der Waals surface area contributed by atoms with Gasteiger partial charge in [0.25, 0.3) is 11.7 Å². The molecule has 2 fully saturated rings. The largest absolute Gasteiger partial charge is 0.507 e. The molecule has 1 amide bonds. The van der Waals surface area contributed by atoms with Gasteiger partial charge in [0.1, 0.15) is 11.5 Å². The second kappa shape index (κ2) is 7.43. The lowest BCUT2D eigenvalue weighted by Crippen LogP contribution is -2.37. The molecule has 1 aliphatic heterocycles. The number of benzene rings is 1. The average Bonchev–Trinajstić information content (AvgIpc) is 3.43. The number of ether oxygens (including phenoxy) is 1. The standard InChI is InChI=1S/C22H23NO4S/c1-13-12-14(9-10-16(13)27-2)20(24)18-19(17-8-5-11-28-17)23(22(26)21(18)25)15-6-3-4-7-15/h5,8-12,15,19,24H,3-4,6-7H2,1-2H3/b20-18-. The predicted molar refractivity (Wildman–Crippen MR) is 108 cm³/mol. The molecule has 146 valence electrons. The Morgan fingerprint density at radius 1 is 1.21 bits per heavy atom. The Bertz CT molecular complexity index is 941. The molecule has 0 bridgehead atoms. The van der Waals surface area contributed by atoms with Crippen LogP contribution in [0.2, 0.25) is 0 Å². The van der Waals surface area contributed by atoms with Gasteiger partial charge in [-0.3, -0.25) is 9.59 Å². The average molecular weight is 397 g/mol. The van der Waals surface area contributed by atoms with Crippen LogP contribution in [0.4, 0.5) is 0 Å². The van der Waals surface area contributed by atoms with E-state index in [1.807, 2.05) is 24.4 Å². The van der Waals surface area contributed by atoms with Crippen LogP contribution in [0.25, 0.3) is 5.76 Å². The number of Topliss-reactive ketones (excluding diaryl/α,β-unsaturated/α-hetero) is 1. The van der Waals surface area contributed by atoms with Crippen molar-refractivity contribution >= 4 is 28.8 Å². The third-order valence-corrected chi connectivity index (χ3v) is 6.60. The number of hydrogen-bond donors (Lipinski definition) is 1. The highest BCUT2D eigenvalue weighted by atomic mass is 32.1. The number of rotatable bonds is 4. The lowest BCUT2D eigenvalue weighted by molar-refractivity contribution is -0.141. The molecule has 1 aliphatic carbocycles. The summed E-state index contributed by atoms with van der Waals surface area (Å²) < 4.78 is 5.28. The summed E-state index contributed by atoms with van der Waals surface area (Å²) in [7, 11) is 1.59. The molecule has 1 atom stereocenters. The molecule has 1 aromatic heterocycles. The van der Waals surface area contributed by atoms with E-state index in [1.165, 1.54) is 11.3 Å². The van der Waals surface area contributed by atoms with Gasteiger partial charge in [-0.2, -0.15) is 0 Å². The molecule has 1 saturated heterocycles. The first-order chi connectivity index (χ1) is 13.5. The fourth-order valence-electron chi connectivity index (χ4n) is 4.32. The minimum absolute atomic E-state index is 0.0476. The highest BCUT2D eigenvalue weighted by Gasteiger charge is 2.49. The van der Waals surface area contributed by atoms with Crippen molar-refractivity contribution in [3.63, 3.8) is 0 Å². The smallest absolute Gasteiger partial charge is 0.295 e. The van der Waals surface area contributed by atoms with Gasteiger partial charge in [-0.15, -0.1) is 11.3 Å². The molecule has 0 radical (unpaired) electrons. The molecule has 2 aliphatic rings. The lowest BCUT2D eigenvalue weighted by atomic mass is 9.98. The van der Waals surface area contributed by atoms with E-state index in [9.17, 15) is 14.7 Å². The van der Waals surface area contributed by atoms with E-state index in [0.29, 0.717) is 11.3 Å². The van der Waals surface area contributed by atoms with Crippen LogP contribution in [0.3, 0.4) is 0 Å². The molecule has 1 saturated carbocycles. The summed E-state index contributed by atoms with van der Waals surface area (Å²) >= 11 is 1.50. The summed E-state index contributed by atoms with van der Waals surface area (Å²) in [5.74, 6) is -0.519. The van der Waals surface area contributed by atoms with Gasteiger partial charge in [-0.05, 0) is 55.0 Å². The van der Waals surface area contributed by atoms with E-state index in [1.54, 1.807) is 30.2 Å². The van der Waals surface area contributed by atoms with Crippen LogP contribution in [-0.2, 0) is 9.59 Å². The normalized spacial score (nSPS) is 22.2. The number of hydrogen-bond acceptors (Lipinski definition) is 5. The van der Waals surface area contributed by atoms with E-state index in [0.717, 1.165) is 36.1 Å². The zero-order valence-electron chi connectivity index (χ0n) is 16.0. The Labute approximate surface area is 168 Å². The number of methoxy groups -OCH3 is 1. The van der Waals surface area contributed by atoms with Gasteiger partial charge in [-0.25, -0.2) is 0 Å². The molecule has 0 spiro atoms. The van der Waals surface area contributed by atoms with Gasteiger partial charge in [-0.1, -0.05) is 18.9 Å². The number of ketones is 1. The maximum Gasteiger partial charge on any atom is 0.295 e. The van der Waals surface area contributed by atoms with Gasteiger partial charge < -0.3 is 14.7 Å². The van der Waals surface area contributed by atoms with Crippen molar-refractivity contribution < 1.29 is 19.4 Å². The predicted octanol–water partition coefficient (Wildman–Crippen LogP) is 4.43. The summed E-state index contributed by atoms with van der Waals surface area (Å²) in [5, 5.41) is 13.0. The van der Waals surface area contributed by atoms with E-state index in [2.05, 4.69) is 0 Å². The summed E-state index contributed by atoms with van der Waals surface area (Å²) in [5.41, 5.74) is 1.55. The third kappa shape index (κ3) is 3.02. The molecule has 1 aromatic carbocycles. The summed E-state index contributed by atoms with van der Waals surface area (Å²) in [6.45, 7) is 1.88. The quantitative estimate of drug-likeness (QED) is 0.471. The molecule has 1 unspecified atom stereocenters. The fraction of sp³-hybridized carbons (Fsp3) is 0.364. The van der Waals surface area contributed by atoms with E-state index in [-0.39, 0.29) is 17.4 Å². The van der Waals surface area contributed by atoms with Crippen molar-refractivity contribution in [3.8, 4) is 5.75 Å². The van der Waals surface area contributed by atoms with E-state index in [4.69, 9.17) is 4.74 Å². The summed E-state index contributed by atoms with van der Waals surface area (Å²) in [4.78, 5) is 28.5. The van der Waals surface area contributed by atoms with Gasteiger partial charge in [0.2, 0.25) is 0 Å². The Morgan fingerprint density at radius 2 is 1.96 bits per heavy atom. The molecule has 4 rings (SSSR count). The minimum Gasteiger partial charge on any atom is -0.507 e. The number of amides is 1. The van der Waals surface area contributed by atoms with Crippen molar-refractivity contribution in [1.82, 2.24) is 4.90 Å². The number of carbonyl (C=O) groups is 2. The summed E-state index contributed by atoms with van der Waals surface area (Å²) in [6, 6.07) is 8.62. The SMILES string of the molecule is COc1ccc(/C(O)=C2/C(=O)C(=O)N(C3CCCC3)C2c2cccs2)cc1C. The Balaban J connectivity index is 1.85. The second-order valence-electron chi connectivity index (χ2n) is 7.34. The number of thiophene rings is 1. The molecular weight excluding hydrogens is 374 g/mol. The van der Waals surface area contributed by atoms with E-state index < -0.39 is 17.7 Å². The molecule has 2 heterocycles. The van der Waals surface area contributed by atoms with Crippen molar-refractivity contribution in [3.05, 3.63) is 57.3 Å². The van der Waals surface area contributed by atoms with Gasteiger partial charge in [0, 0.05) is 16.5 Å². The Hall–Kier alpha value is -2.60. The number of aliphatic hydroxyl groups excluding tert-OH is 1. The highest BCUT2D eigenvalue weighted by Crippen LogP contribution is 2.44. The maximum absolute atomic E-state index is 13.0. The highest BCUT2D eigenvalue weighted by molar-refractivity contribution is 7.10. The molecule has 1 N–H and O–H groups in total. The van der Waals surface area contributed by atoms with Gasteiger partial charge in [0.05, 0.1) is 18.7 Å². The molecule has 28 heavy (non-hydrogen) atoms. The summed E-state index contributed by atoms with van der Waals surface area (Å²) in [6.07, 6.45) is 3.91. The topological polar surface area (TPSA) is 66.8 Å². The maximum atomic E-state index is 13.0. The monoisotopic (exact) mass is 397 g/mol.